The highest BCUT2D eigenvalue weighted by atomic mass is 32.2. The third-order valence-electron chi connectivity index (χ3n) is 8.71. The smallest absolute Gasteiger partial charge is 0.237 e. The van der Waals surface area contributed by atoms with Gasteiger partial charge in [0.1, 0.15) is 0 Å². The first-order chi connectivity index (χ1) is 16.7. The van der Waals surface area contributed by atoms with E-state index in [0.29, 0.717) is 11.8 Å². The molecule has 4 saturated carbocycles. The maximum Gasteiger partial charge on any atom is 0.237 e. The molecule has 7 rings (SSSR count). The van der Waals surface area contributed by atoms with E-state index in [1.165, 1.54) is 6.42 Å². The van der Waals surface area contributed by atoms with Crippen molar-refractivity contribution < 1.29 is 14.9 Å². The van der Waals surface area contributed by atoms with E-state index in [1.54, 1.807) is 18.4 Å². The first-order valence-electron chi connectivity index (χ1n) is 12.5. The van der Waals surface area contributed by atoms with Gasteiger partial charge in [-0.25, -0.2) is 0 Å². The van der Waals surface area contributed by atoms with E-state index in [4.69, 9.17) is 0 Å². The van der Waals surface area contributed by atoms with E-state index in [-0.39, 0.29) is 11.3 Å². The molecule has 4 aliphatic carbocycles. The van der Waals surface area contributed by atoms with Gasteiger partial charge in [-0.15, -0.1) is 0 Å². The fourth-order valence-corrected chi connectivity index (χ4v) is 8.77. The molecule has 1 heterocycles. The quantitative estimate of drug-likeness (QED) is 0.253. The SMILES string of the molecule is CN(C)c1ccc2c(c1)Sc1cc(N(C)C)ccc1N2C(=O)C12CC3CC(CC([CH-][OH+][O-])(C3)C1)C2. The van der Waals surface area contributed by atoms with Gasteiger partial charge in [0.15, 0.2) is 0 Å². The lowest BCUT2D eigenvalue weighted by Crippen LogP contribution is -2.58. The molecule has 0 radical (unpaired) electrons. The van der Waals surface area contributed by atoms with Gasteiger partial charge < -0.3 is 19.9 Å². The number of hydrogen-bond acceptors (Lipinski definition) is 5. The Labute approximate surface area is 212 Å². The predicted molar refractivity (Wildman–Crippen MR) is 139 cm³/mol. The number of carbonyl (C=O) groups excluding carboxylic acids is 1. The standard InChI is InChI=1S/C28H34N3O3S/c1-29(2)20-5-7-22-24(10-20)35-25-11-21(30(3)4)6-8-23(25)31(22)26(32)28-14-18-9-19(15-28)13-27(12-18,16-28)17-34-33/h5-8,10-11,17-19,34H,9,12-16H2,1-4H3/q-1. The second-order valence-electron chi connectivity index (χ2n) is 11.7. The molecule has 1 N–H and O–H groups in total. The first kappa shape index (κ1) is 23.2. The molecule has 0 spiro atoms. The fourth-order valence-electron chi connectivity index (χ4n) is 7.65. The summed E-state index contributed by atoms with van der Waals surface area (Å²) in [4.78, 5) is 26.4. The summed E-state index contributed by atoms with van der Waals surface area (Å²) in [6.07, 6.45) is 5.80. The van der Waals surface area contributed by atoms with Crippen LogP contribution in [0.15, 0.2) is 46.2 Å². The molecule has 0 aromatic heterocycles. The molecular formula is C28H34N3O3S-. The Kier molecular flexibility index (Phi) is 5.40. The molecule has 2 unspecified atom stereocenters. The number of fused-ring (bicyclic) bond motifs is 2. The second-order valence-corrected chi connectivity index (χ2v) is 12.8. The van der Waals surface area contributed by atoms with Gasteiger partial charge in [0, 0.05) is 54.8 Å². The number of nitrogens with zero attached hydrogens (tertiary/aromatic N) is 3. The van der Waals surface area contributed by atoms with Crippen LogP contribution < -0.4 is 20.0 Å². The van der Waals surface area contributed by atoms with Gasteiger partial charge in [-0.2, -0.15) is 0 Å². The monoisotopic (exact) mass is 492 g/mol. The molecule has 4 bridgehead atoms. The van der Waals surface area contributed by atoms with Crippen LogP contribution in [-0.4, -0.2) is 39.0 Å². The highest BCUT2D eigenvalue weighted by Gasteiger charge is 2.59. The summed E-state index contributed by atoms with van der Waals surface area (Å²) in [7, 11) is 8.18. The molecule has 2 aromatic rings. The van der Waals surface area contributed by atoms with Crippen molar-refractivity contribution in [3.05, 3.63) is 43.0 Å². The normalized spacial score (nSPS) is 30.1. The van der Waals surface area contributed by atoms with Gasteiger partial charge in [0.05, 0.1) is 11.4 Å². The lowest BCUT2D eigenvalue weighted by molar-refractivity contribution is -0.765. The largest absolute Gasteiger partial charge is 0.587 e. The van der Waals surface area contributed by atoms with Gasteiger partial charge in [0.25, 0.3) is 0 Å². The van der Waals surface area contributed by atoms with Gasteiger partial charge in [-0.3, -0.25) is 9.69 Å². The number of benzene rings is 2. The van der Waals surface area contributed by atoms with Crippen LogP contribution >= 0.6 is 11.8 Å². The highest BCUT2D eigenvalue weighted by Crippen LogP contribution is 2.67. The molecule has 1 amide bonds. The lowest BCUT2D eigenvalue weighted by atomic mass is 9.44. The number of hydrogen-bond donors (Lipinski definition) is 0. The van der Waals surface area contributed by atoms with Gasteiger partial charge in [0.2, 0.25) is 5.91 Å². The minimum absolute atomic E-state index is 0.202. The van der Waals surface area contributed by atoms with Crippen LogP contribution in [0.4, 0.5) is 22.7 Å². The summed E-state index contributed by atoms with van der Waals surface area (Å²) in [5.41, 5.74) is 3.55. The summed E-state index contributed by atoms with van der Waals surface area (Å²) in [6, 6.07) is 12.8. The summed E-state index contributed by atoms with van der Waals surface area (Å²) in [6.45, 7) is 1.65. The Morgan fingerprint density at radius 3 is 2.00 bits per heavy atom. The lowest BCUT2D eigenvalue weighted by Gasteiger charge is -2.64. The van der Waals surface area contributed by atoms with E-state index in [0.717, 1.165) is 64.6 Å². The highest BCUT2D eigenvalue weighted by molar-refractivity contribution is 7.99. The Morgan fingerprint density at radius 1 is 0.971 bits per heavy atom. The zero-order valence-corrected chi connectivity index (χ0v) is 21.8. The maximum atomic E-state index is 14.7. The predicted octanol–water partition coefficient (Wildman–Crippen LogP) is 5.07. The van der Waals surface area contributed by atoms with Crippen LogP contribution in [0, 0.1) is 29.3 Å². The number of amides is 1. The summed E-state index contributed by atoms with van der Waals surface area (Å²) < 4.78 is 0. The fraction of sp³-hybridized carbons (Fsp3) is 0.500. The van der Waals surface area contributed by atoms with Crippen molar-refractivity contribution in [1.82, 2.24) is 0 Å². The number of rotatable bonds is 5. The molecule has 5 aliphatic rings. The van der Waals surface area contributed by atoms with Crippen LogP contribution in [0.3, 0.4) is 0 Å². The van der Waals surface area contributed by atoms with Crippen molar-refractivity contribution in [2.45, 2.75) is 48.3 Å². The van der Waals surface area contributed by atoms with Gasteiger partial charge in [-0.1, -0.05) is 36.4 Å². The summed E-state index contributed by atoms with van der Waals surface area (Å²) in [5, 5.41) is 11.4. The molecule has 35 heavy (non-hydrogen) atoms. The number of aliphatic hydroxyl groups is 1. The second kappa shape index (κ2) is 8.15. The van der Waals surface area contributed by atoms with Crippen LogP contribution in [0.1, 0.15) is 38.5 Å². The molecule has 6 nitrogen and oxygen atoms in total. The van der Waals surface area contributed by atoms with Crippen molar-refractivity contribution in [3.63, 3.8) is 0 Å². The molecule has 2 aromatic carbocycles. The molecule has 186 valence electrons. The van der Waals surface area contributed by atoms with Crippen molar-refractivity contribution in [3.8, 4) is 0 Å². The minimum Gasteiger partial charge on any atom is -0.587 e. The third-order valence-corrected chi connectivity index (χ3v) is 9.80. The maximum absolute atomic E-state index is 14.7. The third kappa shape index (κ3) is 3.66. The topological polar surface area (TPSA) is 62.7 Å². The van der Waals surface area contributed by atoms with Crippen molar-refractivity contribution in [2.24, 2.45) is 22.7 Å². The van der Waals surface area contributed by atoms with Crippen molar-refractivity contribution >= 4 is 40.4 Å². The minimum atomic E-state index is -0.428. The zero-order valence-electron chi connectivity index (χ0n) is 21.0. The van der Waals surface area contributed by atoms with E-state index in [1.807, 2.05) is 33.1 Å². The van der Waals surface area contributed by atoms with Crippen molar-refractivity contribution in [2.75, 3.05) is 42.9 Å². The molecule has 2 atom stereocenters. The van der Waals surface area contributed by atoms with E-state index >= 15 is 0 Å². The van der Waals surface area contributed by atoms with E-state index in [9.17, 15) is 10.1 Å². The van der Waals surface area contributed by atoms with Crippen LogP contribution in [-0.2, 0) is 4.79 Å². The Hall–Kier alpha value is -2.22. The molecule has 4 fully saturated rings. The van der Waals surface area contributed by atoms with Gasteiger partial charge >= 0.3 is 0 Å². The van der Waals surface area contributed by atoms with Crippen molar-refractivity contribution in [1.29, 1.82) is 0 Å². The molecule has 0 saturated heterocycles. The molecule has 7 heteroatoms. The average Bonchev–Trinajstić information content (AvgIpc) is 2.80. The average molecular weight is 493 g/mol. The molecular weight excluding hydrogens is 458 g/mol. The Balaban J connectivity index is 1.46. The first-order valence-corrected chi connectivity index (χ1v) is 13.4. The van der Waals surface area contributed by atoms with Crippen LogP contribution in [0.2, 0.25) is 0 Å². The van der Waals surface area contributed by atoms with E-state index in [2.05, 4.69) is 51.1 Å². The van der Waals surface area contributed by atoms with Gasteiger partial charge in [-0.05, 0) is 74.1 Å². The number of anilines is 4. The summed E-state index contributed by atoms with van der Waals surface area (Å²) in [5.74, 6) is 1.21. The van der Waals surface area contributed by atoms with E-state index < -0.39 is 5.41 Å². The van der Waals surface area contributed by atoms with Crippen LogP contribution in [0.25, 0.3) is 0 Å². The Morgan fingerprint density at radius 2 is 1.51 bits per heavy atom. The zero-order chi connectivity index (χ0) is 24.5. The molecule has 1 aliphatic heterocycles. The summed E-state index contributed by atoms with van der Waals surface area (Å²) >= 11 is 1.74. The van der Waals surface area contributed by atoms with Crippen LogP contribution in [0.5, 0.6) is 0 Å². The number of carbonyl (C=O) groups is 1. The Bertz CT molecular complexity index is 1110.